The van der Waals surface area contributed by atoms with Gasteiger partial charge in [0.1, 0.15) is 0 Å². The highest BCUT2D eigenvalue weighted by Gasteiger charge is 2.02. The molecule has 0 aliphatic rings. The van der Waals surface area contributed by atoms with Crippen molar-refractivity contribution in [1.82, 2.24) is 5.01 Å². The van der Waals surface area contributed by atoms with Crippen LogP contribution in [0.4, 0.5) is 5.69 Å². The van der Waals surface area contributed by atoms with Crippen molar-refractivity contribution in [3.8, 4) is 0 Å². The molecule has 0 spiro atoms. The smallest absolute Gasteiger partial charge is 0.0570 e. The summed E-state index contributed by atoms with van der Waals surface area (Å²) in [6.45, 7) is 3.33. The quantitative estimate of drug-likeness (QED) is 0.505. The van der Waals surface area contributed by atoms with Crippen LogP contribution in [0.1, 0.15) is 0 Å². The second-order valence-electron chi connectivity index (χ2n) is 2.78. The Kier molecular flexibility index (Phi) is 2.80. The van der Waals surface area contributed by atoms with E-state index in [9.17, 15) is 5.11 Å². The first kappa shape index (κ1) is 9.45. The lowest BCUT2D eigenvalue weighted by molar-refractivity contribution is -0.330. The molecule has 0 fully saturated rings. The van der Waals surface area contributed by atoms with Gasteiger partial charge in [0.2, 0.25) is 0 Å². The molecule has 70 valence electrons. The number of rotatable bonds is 3. The molecule has 0 aliphatic heterocycles. The average molecular weight is 177 g/mol. The van der Waals surface area contributed by atoms with Crippen LogP contribution < -0.4 is 10.1 Å². The third-order valence-electron chi connectivity index (χ3n) is 1.94. The summed E-state index contributed by atoms with van der Waals surface area (Å²) >= 11 is 0. The Morgan fingerprint density at radius 2 is 1.77 bits per heavy atom. The van der Waals surface area contributed by atoms with Crippen LogP contribution >= 0.6 is 0 Å². The SMILES string of the molecule is C=C([O-])N(C)N(C)c1ccccc1. The summed E-state index contributed by atoms with van der Waals surface area (Å²) in [6, 6.07) is 9.64. The van der Waals surface area contributed by atoms with Crippen LogP contribution in [0.5, 0.6) is 0 Å². The first-order valence-corrected chi connectivity index (χ1v) is 4.01. The molecule has 0 heterocycles. The number of hydrazine groups is 1. The minimum atomic E-state index is -0.230. The van der Waals surface area contributed by atoms with Crippen LogP contribution in [0.25, 0.3) is 0 Å². The monoisotopic (exact) mass is 177 g/mol. The largest absolute Gasteiger partial charge is 0.859 e. The Morgan fingerprint density at radius 3 is 2.23 bits per heavy atom. The van der Waals surface area contributed by atoms with Gasteiger partial charge in [-0.2, -0.15) is 0 Å². The van der Waals surface area contributed by atoms with Gasteiger partial charge in [0.25, 0.3) is 0 Å². The van der Waals surface area contributed by atoms with Gasteiger partial charge in [-0.1, -0.05) is 24.8 Å². The highest BCUT2D eigenvalue weighted by Crippen LogP contribution is 2.13. The van der Waals surface area contributed by atoms with Crippen LogP contribution in [-0.4, -0.2) is 19.1 Å². The van der Waals surface area contributed by atoms with E-state index in [2.05, 4.69) is 6.58 Å². The minimum Gasteiger partial charge on any atom is -0.859 e. The zero-order chi connectivity index (χ0) is 9.84. The summed E-state index contributed by atoms with van der Waals surface area (Å²) in [4.78, 5) is 0. The fourth-order valence-corrected chi connectivity index (χ4v) is 0.984. The molecular formula is C10H13N2O-. The van der Waals surface area contributed by atoms with Gasteiger partial charge in [-0.15, -0.1) is 0 Å². The molecule has 0 aliphatic carbocycles. The molecule has 0 amide bonds. The van der Waals surface area contributed by atoms with Crippen molar-refractivity contribution in [2.45, 2.75) is 0 Å². The van der Waals surface area contributed by atoms with Crippen LogP contribution in [0.3, 0.4) is 0 Å². The molecule has 0 saturated carbocycles. The van der Waals surface area contributed by atoms with Gasteiger partial charge in [0, 0.05) is 14.1 Å². The summed E-state index contributed by atoms with van der Waals surface area (Å²) in [5.41, 5.74) is 0.960. The van der Waals surface area contributed by atoms with E-state index in [1.807, 2.05) is 37.4 Å². The molecule has 0 radical (unpaired) electrons. The topological polar surface area (TPSA) is 29.5 Å². The molecule has 3 nitrogen and oxygen atoms in total. The molecule has 1 aromatic carbocycles. The van der Waals surface area contributed by atoms with E-state index in [0.717, 1.165) is 5.69 Å². The fourth-order valence-electron chi connectivity index (χ4n) is 0.984. The second-order valence-corrected chi connectivity index (χ2v) is 2.78. The van der Waals surface area contributed by atoms with Crippen LogP contribution in [0, 0.1) is 0 Å². The Labute approximate surface area is 78.5 Å². The molecule has 3 heteroatoms. The van der Waals surface area contributed by atoms with E-state index in [0.29, 0.717) is 0 Å². The Hall–Kier alpha value is -1.64. The number of hydrogen-bond donors (Lipinski definition) is 0. The molecular weight excluding hydrogens is 164 g/mol. The van der Waals surface area contributed by atoms with E-state index < -0.39 is 0 Å². The van der Waals surface area contributed by atoms with E-state index in [-0.39, 0.29) is 5.88 Å². The number of hydrogen-bond acceptors (Lipinski definition) is 3. The van der Waals surface area contributed by atoms with Gasteiger partial charge >= 0.3 is 0 Å². The fraction of sp³-hybridized carbons (Fsp3) is 0.200. The molecule has 0 N–H and O–H groups in total. The van der Waals surface area contributed by atoms with E-state index >= 15 is 0 Å². The lowest BCUT2D eigenvalue weighted by Crippen LogP contribution is -2.39. The number of anilines is 1. The van der Waals surface area contributed by atoms with Gasteiger partial charge in [-0.3, -0.25) is 5.01 Å². The van der Waals surface area contributed by atoms with Crippen LogP contribution in [0.15, 0.2) is 42.8 Å². The Bertz CT molecular complexity index is 284. The third kappa shape index (κ3) is 2.15. The normalized spacial score (nSPS) is 9.38. The molecule has 0 unspecified atom stereocenters. The molecule has 1 rings (SSSR count). The lowest BCUT2D eigenvalue weighted by atomic mass is 10.3. The van der Waals surface area contributed by atoms with Crippen LogP contribution in [0.2, 0.25) is 0 Å². The molecule has 1 aromatic rings. The van der Waals surface area contributed by atoms with Crippen molar-refractivity contribution >= 4 is 5.69 Å². The Balaban J connectivity index is 2.79. The lowest BCUT2D eigenvalue weighted by Gasteiger charge is -2.35. The zero-order valence-corrected chi connectivity index (χ0v) is 7.90. The highest BCUT2D eigenvalue weighted by atomic mass is 16.3. The summed E-state index contributed by atoms with van der Waals surface area (Å²) < 4.78 is 0. The molecule has 0 atom stereocenters. The van der Waals surface area contributed by atoms with E-state index in [4.69, 9.17) is 0 Å². The van der Waals surface area contributed by atoms with Gasteiger partial charge in [0.05, 0.1) is 5.69 Å². The van der Waals surface area contributed by atoms with Gasteiger partial charge in [0.15, 0.2) is 0 Å². The summed E-state index contributed by atoms with van der Waals surface area (Å²) in [5.74, 6) is -0.230. The van der Waals surface area contributed by atoms with Crippen molar-refractivity contribution in [2.75, 3.05) is 19.1 Å². The van der Waals surface area contributed by atoms with Crippen molar-refractivity contribution in [3.05, 3.63) is 42.8 Å². The maximum Gasteiger partial charge on any atom is 0.0570 e. The van der Waals surface area contributed by atoms with Gasteiger partial charge in [-0.05, 0) is 18.0 Å². The zero-order valence-electron chi connectivity index (χ0n) is 7.90. The molecule has 13 heavy (non-hydrogen) atoms. The van der Waals surface area contributed by atoms with Crippen molar-refractivity contribution < 1.29 is 5.11 Å². The van der Waals surface area contributed by atoms with Crippen molar-refractivity contribution in [2.24, 2.45) is 0 Å². The first-order chi connectivity index (χ1) is 6.13. The second kappa shape index (κ2) is 3.85. The average Bonchev–Trinajstić information content (AvgIpc) is 2.17. The maximum atomic E-state index is 10.9. The van der Waals surface area contributed by atoms with Crippen LogP contribution in [-0.2, 0) is 0 Å². The minimum absolute atomic E-state index is 0.230. The standard InChI is InChI=1S/C10H14N2O/c1-9(13)11(2)12(3)10-7-5-4-6-8-10/h4-8,13H,1H2,2-3H3/p-1. The third-order valence-corrected chi connectivity index (χ3v) is 1.94. The summed E-state index contributed by atoms with van der Waals surface area (Å²) in [7, 11) is 3.50. The van der Waals surface area contributed by atoms with Crippen molar-refractivity contribution in [3.63, 3.8) is 0 Å². The van der Waals surface area contributed by atoms with E-state index in [1.54, 1.807) is 12.1 Å². The van der Waals surface area contributed by atoms with Crippen molar-refractivity contribution in [1.29, 1.82) is 0 Å². The van der Waals surface area contributed by atoms with E-state index in [1.165, 1.54) is 5.01 Å². The Morgan fingerprint density at radius 1 is 1.23 bits per heavy atom. The molecule has 0 bridgehead atoms. The summed E-state index contributed by atoms with van der Waals surface area (Å²) in [6.07, 6.45) is 0. The predicted octanol–water partition coefficient (Wildman–Crippen LogP) is 0.801. The maximum absolute atomic E-state index is 10.9. The number of benzene rings is 1. The van der Waals surface area contributed by atoms with Gasteiger partial charge in [-0.25, -0.2) is 0 Å². The number of para-hydroxylation sites is 1. The summed E-state index contributed by atoms with van der Waals surface area (Å²) in [5, 5.41) is 14.1. The predicted molar refractivity (Wildman–Crippen MR) is 51.7 cm³/mol. The highest BCUT2D eigenvalue weighted by molar-refractivity contribution is 5.44. The molecule has 0 saturated heterocycles. The van der Waals surface area contributed by atoms with Gasteiger partial charge < -0.3 is 10.1 Å². The number of nitrogens with zero attached hydrogens (tertiary/aromatic N) is 2. The first-order valence-electron chi connectivity index (χ1n) is 4.01. The molecule has 0 aromatic heterocycles.